The summed E-state index contributed by atoms with van der Waals surface area (Å²) >= 11 is 0. The molecule has 0 aromatic heterocycles. The lowest BCUT2D eigenvalue weighted by molar-refractivity contribution is -0.140. The molecule has 0 amide bonds. The summed E-state index contributed by atoms with van der Waals surface area (Å²) in [4.78, 5) is 10.9. The molecule has 0 aliphatic carbocycles. The van der Waals surface area contributed by atoms with Crippen molar-refractivity contribution in [1.29, 1.82) is 0 Å². The van der Waals surface area contributed by atoms with Gasteiger partial charge in [-0.2, -0.15) is 0 Å². The number of hydrogen-bond acceptors (Lipinski definition) is 2. The van der Waals surface area contributed by atoms with Crippen LogP contribution in [0.3, 0.4) is 0 Å². The Morgan fingerprint density at radius 2 is 2.00 bits per heavy atom. The van der Waals surface area contributed by atoms with E-state index in [0.29, 0.717) is 12.3 Å². The second-order valence-electron chi connectivity index (χ2n) is 3.92. The molecule has 0 saturated heterocycles. The quantitative estimate of drug-likeness (QED) is 0.717. The number of carbonyl (C=O) groups excluding carboxylic acids is 1. The molecule has 2 nitrogen and oxygen atoms in total. The van der Waals surface area contributed by atoms with Gasteiger partial charge in [0.15, 0.2) is 0 Å². The minimum Gasteiger partial charge on any atom is -0.469 e. The van der Waals surface area contributed by atoms with E-state index in [-0.39, 0.29) is 11.8 Å². The SMILES string of the molecule is COC(=O)CCCC(C)c1ccc(F)cc1. The summed E-state index contributed by atoms with van der Waals surface area (Å²) in [6.07, 6.45) is 2.15. The highest BCUT2D eigenvalue weighted by Crippen LogP contribution is 2.21. The molecule has 0 N–H and O–H groups in total. The molecule has 3 heteroatoms. The van der Waals surface area contributed by atoms with Crippen LogP contribution in [0.5, 0.6) is 0 Å². The summed E-state index contributed by atoms with van der Waals surface area (Å²) in [6, 6.07) is 6.51. The number of esters is 1. The zero-order valence-electron chi connectivity index (χ0n) is 9.70. The first-order valence-corrected chi connectivity index (χ1v) is 5.45. The summed E-state index contributed by atoms with van der Waals surface area (Å²) in [5.41, 5.74) is 1.10. The third kappa shape index (κ3) is 4.01. The van der Waals surface area contributed by atoms with Crippen LogP contribution in [0.2, 0.25) is 0 Å². The lowest BCUT2D eigenvalue weighted by atomic mass is 9.95. The van der Waals surface area contributed by atoms with E-state index >= 15 is 0 Å². The standard InChI is InChI=1S/C13H17FO2/c1-10(4-3-5-13(15)16-2)11-6-8-12(14)9-7-11/h6-10H,3-5H2,1-2H3. The number of benzene rings is 1. The summed E-state index contributed by atoms with van der Waals surface area (Å²) < 4.78 is 17.3. The van der Waals surface area contributed by atoms with Gasteiger partial charge in [-0.05, 0) is 36.5 Å². The predicted molar refractivity (Wildman–Crippen MR) is 60.7 cm³/mol. The van der Waals surface area contributed by atoms with E-state index in [4.69, 9.17) is 0 Å². The fraction of sp³-hybridized carbons (Fsp3) is 0.462. The van der Waals surface area contributed by atoms with E-state index in [1.54, 1.807) is 12.1 Å². The number of ether oxygens (including phenoxy) is 1. The van der Waals surface area contributed by atoms with Crippen molar-refractivity contribution in [3.05, 3.63) is 35.6 Å². The van der Waals surface area contributed by atoms with Crippen LogP contribution in [-0.2, 0) is 9.53 Å². The van der Waals surface area contributed by atoms with Crippen LogP contribution < -0.4 is 0 Å². The van der Waals surface area contributed by atoms with Gasteiger partial charge in [0.2, 0.25) is 0 Å². The molecule has 1 aromatic carbocycles. The fourth-order valence-corrected chi connectivity index (χ4v) is 1.61. The highest BCUT2D eigenvalue weighted by Gasteiger charge is 2.07. The normalized spacial score (nSPS) is 12.2. The number of carbonyl (C=O) groups is 1. The molecule has 0 fully saturated rings. The van der Waals surface area contributed by atoms with Crippen molar-refractivity contribution in [2.45, 2.75) is 32.1 Å². The van der Waals surface area contributed by atoms with Crippen LogP contribution in [0, 0.1) is 5.82 Å². The Bertz CT molecular complexity index is 332. The van der Waals surface area contributed by atoms with Crippen molar-refractivity contribution in [2.24, 2.45) is 0 Å². The summed E-state index contributed by atoms with van der Waals surface area (Å²) in [5, 5.41) is 0. The van der Waals surface area contributed by atoms with Crippen LogP contribution in [-0.4, -0.2) is 13.1 Å². The molecule has 0 heterocycles. The van der Waals surface area contributed by atoms with Crippen LogP contribution in [0.1, 0.15) is 37.7 Å². The first-order chi connectivity index (χ1) is 7.63. The minimum absolute atomic E-state index is 0.175. The number of methoxy groups -OCH3 is 1. The number of halogens is 1. The molecule has 0 aliphatic rings. The van der Waals surface area contributed by atoms with Gasteiger partial charge in [-0.15, -0.1) is 0 Å². The molecule has 0 radical (unpaired) electrons. The molecule has 16 heavy (non-hydrogen) atoms. The van der Waals surface area contributed by atoms with Gasteiger partial charge in [0, 0.05) is 6.42 Å². The Hall–Kier alpha value is -1.38. The van der Waals surface area contributed by atoms with Crippen molar-refractivity contribution in [1.82, 2.24) is 0 Å². The van der Waals surface area contributed by atoms with Gasteiger partial charge in [-0.25, -0.2) is 4.39 Å². The first-order valence-electron chi connectivity index (χ1n) is 5.45. The lowest BCUT2D eigenvalue weighted by Gasteiger charge is -2.11. The monoisotopic (exact) mass is 224 g/mol. The zero-order valence-corrected chi connectivity index (χ0v) is 9.70. The largest absolute Gasteiger partial charge is 0.469 e. The van der Waals surface area contributed by atoms with Crippen molar-refractivity contribution < 1.29 is 13.9 Å². The molecule has 0 saturated carbocycles. The second kappa shape index (κ2) is 6.26. The maximum Gasteiger partial charge on any atom is 0.305 e. The molecule has 0 bridgehead atoms. The molecule has 0 spiro atoms. The van der Waals surface area contributed by atoms with E-state index in [0.717, 1.165) is 18.4 Å². The summed E-state index contributed by atoms with van der Waals surface area (Å²) in [7, 11) is 1.39. The van der Waals surface area contributed by atoms with Crippen molar-refractivity contribution in [3.8, 4) is 0 Å². The average molecular weight is 224 g/mol. The van der Waals surface area contributed by atoms with Gasteiger partial charge in [-0.1, -0.05) is 19.1 Å². The van der Waals surface area contributed by atoms with Crippen molar-refractivity contribution in [2.75, 3.05) is 7.11 Å². The maximum absolute atomic E-state index is 12.7. The smallest absolute Gasteiger partial charge is 0.305 e. The van der Waals surface area contributed by atoms with Gasteiger partial charge >= 0.3 is 5.97 Å². The Balaban J connectivity index is 2.37. The molecule has 1 atom stereocenters. The molecule has 88 valence electrons. The second-order valence-corrected chi connectivity index (χ2v) is 3.92. The Morgan fingerprint density at radius 1 is 1.38 bits per heavy atom. The third-order valence-corrected chi connectivity index (χ3v) is 2.68. The van der Waals surface area contributed by atoms with Gasteiger partial charge < -0.3 is 4.74 Å². The number of rotatable bonds is 5. The van der Waals surface area contributed by atoms with Crippen LogP contribution in [0.25, 0.3) is 0 Å². The highest BCUT2D eigenvalue weighted by molar-refractivity contribution is 5.68. The van der Waals surface area contributed by atoms with E-state index < -0.39 is 0 Å². The lowest BCUT2D eigenvalue weighted by Crippen LogP contribution is -2.01. The van der Waals surface area contributed by atoms with Crippen molar-refractivity contribution >= 4 is 5.97 Å². The zero-order chi connectivity index (χ0) is 12.0. The van der Waals surface area contributed by atoms with Crippen LogP contribution in [0.15, 0.2) is 24.3 Å². The third-order valence-electron chi connectivity index (χ3n) is 2.68. The molecule has 1 unspecified atom stereocenters. The summed E-state index contributed by atoms with van der Waals surface area (Å²) in [6.45, 7) is 2.07. The van der Waals surface area contributed by atoms with Gasteiger partial charge in [0.25, 0.3) is 0 Å². The number of hydrogen-bond donors (Lipinski definition) is 0. The predicted octanol–water partition coefficient (Wildman–Crippen LogP) is 3.27. The highest BCUT2D eigenvalue weighted by atomic mass is 19.1. The molecule has 1 aromatic rings. The minimum atomic E-state index is -0.217. The van der Waals surface area contributed by atoms with E-state index in [9.17, 15) is 9.18 Å². The van der Waals surface area contributed by atoms with E-state index in [2.05, 4.69) is 11.7 Å². The Labute approximate surface area is 95.4 Å². The van der Waals surface area contributed by atoms with E-state index in [1.807, 2.05) is 0 Å². The molecule has 0 aliphatic heterocycles. The van der Waals surface area contributed by atoms with Crippen LogP contribution in [0.4, 0.5) is 4.39 Å². The van der Waals surface area contributed by atoms with Gasteiger partial charge in [-0.3, -0.25) is 4.79 Å². The average Bonchev–Trinajstić information content (AvgIpc) is 2.29. The molecular weight excluding hydrogens is 207 g/mol. The summed E-state index contributed by atoms with van der Waals surface area (Å²) in [5.74, 6) is -0.0536. The van der Waals surface area contributed by atoms with Crippen LogP contribution >= 0.6 is 0 Å². The van der Waals surface area contributed by atoms with E-state index in [1.165, 1.54) is 19.2 Å². The first kappa shape index (κ1) is 12.7. The van der Waals surface area contributed by atoms with Gasteiger partial charge in [0.05, 0.1) is 7.11 Å². The maximum atomic E-state index is 12.7. The molecular formula is C13H17FO2. The topological polar surface area (TPSA) is 26.3 Å². The Kier molecular flexibility index (Phi) is 4.96. The fourth-order valence-electron chi connectivity index (χ4n) is 1.61. The Morgan fingerprint density at radius 3 is 2.56 bits per heavy atom. The molecule has 1 rings (SSSR count). The van der Waals surface area contributed by atoms with Crippen molar-refractivity contribution in [3.63, 3.8) is 0 Å². The van der Waals surface area contributed by atoms with Gasteiger partial charge in [0.1, 0.15) is 5.82 Å².